The molecule has 0 bridgehead atoms. The van der Waals surface area contributed by atoms with Crippen LogP contribution in [0.2, 0.25) is 0 Å². The third kappa shape index (κ3) is 4.52. The van der Waals surface area contributed by atoms with Crippen molar-refractivity contribution in [2.75, 3.05) is 5.32 Å². The number of benzene rings is 2. The number of anilines is 1. The molecule has 0 saturated heterocycles. The summed E-state index contributed by atoms with van der Waals surface area (Å²) in [7, 11) is 0. The number of carbonyl (C=O) groups excluding carboxylic acids is 1. The molecule has 0 aliphatic rings. The largest absolute Gasteiger partial charge is 0.339 e. The molecule has 0 aliphatic heterocycles. The van der Waals surface area contributed by atoms with Crippen LogP contribution in [0.25, 0.3) is 22.6 Å². The van der Waals surface area contributed by atoms with Gasteiger partial charge in [-0.1, -0.05) is 23.4 Å². The Bertz CT molecular complexity index is 1400. The van der Waals surface area contributed by atoms with Gasteiger partial charge in [0.15, 0.2) is 0 Å². The van der Waals surface area contributed by atoms with Gasteiger partial charge in [-0.15, -0.1) is 0 Å². The molecule has 3 aromatic heterocycles. The van der Waals surface area contributed by atoms with Crippen molar-refractivity contribution < 1.29 is 13.7 Å². The Balaban J connectivity index is 1.32. The molecule has 0 radical (unpaired) electrons. The Labute approximate surface area is 187 Å². The summed E-state index contributed by atoms with van der Waals surface area (Å²) in [5, 5.41) is 13.8. The molecule has 8 nitrogen and oxygen atoms in total. The summed E-state index contributed by atoms with van der Waals surface area (Å²) in [4.78, 5) is 21.3. The van der Waals surface area contributed by atoms with Crippen LogP contribution in [0.1, 0.15) is 21.9 Å². The van der Waals surface area contributed by atoms with Gasteiger partial charge in [-0.25, -0.2) is 4.39 Å². The number of hydrogen-bond acceptors (Lipinski definition) is 6. The minimum absolute atomic E-state index is 0.279. The highest BCUT2D eigenvalue weighted by atomic mass is 19.1. The van der Waals surface area contributed by atoms with Gasteiger partial charge in [0, 0.05) is 29.2 Å². The van der Waals surface area contributed by atoms with Crippen molar-refractivity contribution in [3.63, 3.8) is 0 Å². The first-order valence-corrected chi connectivity index (χ1v) is 10.1. The van der Waals surface area contributed by atoms with Crippen molar-refractivity contribution in [3.05, 3.63) is 102 Å². The fraction of sp³-hybridized carbons (Fsp3) is 0.0417. The molecule has 9 heteroatoms. The highest BCUT2D eigenvalue weighted by Gasteiger charge is 2.15. The summed E-state index contributed by atoms with van der Waals surface area (Å²) in [6.07, 6.45) is 3.67. The average Bonchev–Trinajstić information content (AvgIpc) is 3.52. The zero-order valence-electron chi connectivity index (χ0n) is 17.2. The Morgan fingerprint density at radius 1 is 1.03 bits per heavy atom. The molecule has 0 aliphatic carbocycles. The molecule has 2 N–H and O–H groups in total. The number of nitrogens with one attached hydrogen (secondary N) is 2. The lowest BCUT2D eigenvalue weighted by Crippen LogP contribution is -2.14. The van der Waals surface area contributed by atoms with E-state index in [2.05, 4.69) is 30.6 Å². The van der Waals surface area contributed by atoms with Crippen molar-refractivity contribution >= 4 is 11.6 Å². The summed E-state index contributed by atoms with van der Waals surface area (Å²) in [5.41, 5.74) is 3.70. The number of rotatable bonds is 6. The van der Waals surface area contributed by atoms with Crippen LogP contribution < -0.4 is 5.32 Å². The molecule has 2 aromatic carbocycles. The molecule has 33 heavy (non-hydrogen) atoms. The van der Waals surface area contributed by atoms with Gasteiger partial charge in [0.2, 0.25) is 11.7 Å². The number of pyridine rings is 1. The number of carbonyl (C=O) groups is 1. The first-order chi connectivity index (χ1) is 16.2. The average molecular weight is 440 g/mol. The molecule has 1 amide bonds. The Morgan fingerprint density at radius 2 is 1.88 bits per heavy atom. The summed E-state index contributed by atoms with van der Waals surface area (Å²) in [6.45, 7) is 0. The van der Waals surface area contributed by atoms with Crippen molar-refractivity contribution in [2.24, 2.45) is 0 Å². The summed E-state index contributed by atoms with van der Waals surface area (Å²) in [6, 6.07) is 18.5. The topological polar surface area (TPSA) is 110 Å². The van der Waals surface area contributed by atoms with Gasteiger partial charge in [-0.3, -0.25) is 14.9 Å². The van der Waals surface area contributed by atoms with Crippen LogP contribution in [-0.4, -0.2) is 31.2 Å². The van der Waals surface area contributed by atoms with Gasteiger partial charge in [-0.05, 0) is 54.1 Å². The van der Waals surface area contributed by atoms with E-state index in [0.29, 0.717) is 35.1 Å². The monoisotopic (exact) mass is 440 g/mol. The molecule has 0 saturated carbocycles. The zero-order valence-corrected chi connectivity index (χ0v) is 17.2. The van der Waals surface area contributed by atoms with Gasteiger partial charge in [0.1, 0.15) is 11.5 Å². The molecule has 0 unspecified atom stereocenters. The lowest BCUT2D eigenvalue weighted by Gasteiger charge is -2.08. The number of halogens is 1. The van der Waals surface area contributed by atoms with Crippen molar-refractivity contribution in [2.45, 2.75) is 6.42 Å². The van der Waals surface area contributed by atoms with E-state index >= 15 is 0 Å². The van der Waals surface area contributed by atoms with Crippen LogP contribution in [-0.2, 0) is 6.42 Å². The van der Waals surface area contributed by atoms with Crippen LogP contribution in [0.5, 0.6) is 0 Å². The third-order valence-electron chi connectivity index (χ3n) is 4.96. The molecule has 5 aromatic rings. The standard InChI is InChI=1S/C24H17FN6O2/c25-18-9-7-15(8-10-18)20-13-21(30-29-20)24(32)27-19-6-2-1-4-16(19)12-22-28-23(31-33-22)17-5-3-11-26-14-17/h1-11,13-14H,12H2,(H,27,32)(H,29,30). The quantitative estimate of drug-likeness (QED) is 0.402. The third-order valence-corrected chi connectivity index (χ3v) is 4.96. The SMILES string of the molecule is O=C(Nc1ccccc1Cc1nc(-c2cccnc2)no1)c1cc(-c2ccc(F)cc2)n[nH]1. The Morgan fingerprint density at radius 3 is 2.70 bits per heavy atom. The molecular weight excluding hydrogens is 423 g/mol. The zero-order chi connectivity index (χ0) is 22.6. The predicted octanol–water partition coefficient (Wildman–Crippen LogP) is 4.50. The van der Waals surface area contributed by atoms with Crippen LogP contribution in [0.3, 0.4) is 0 Å². The normalized spacial score (nSPS) is 10.8. The van der Waals surface area contributed by atoms with Crippen molar-refractivity contribution in [3.8, 4) is 22.6 Å². The van der Waals surface area contributed by atoms with E-state index in [1.165, 1.54) is 12.1 Å². The van der Waals surface area contributed by atoms with Gasteiger partial charge in [-0.2, -0.15) is 10.1 Å². The maximum absolute atomic E-state index is 13.1. The maximum atomic E-state index is 13.1. The van der Waals surface area contributed by atoms with E-state index in [-0.39, 0.29) is 17.4 Å². The van der Waals surface area contributed by atoms with Crippen LogP contribution in [0, 0.1) is 5.82 Å². The minimum Gasteiger partial charge on any atom is -0.339 e. The number of H-pyrrole nitrogens is 1. The number of para-hydroxylation sites is 1. The van der Waals surface area contributed by atoms with Gasteiger partial charge in [0.05, 0.1) is 12.1 Å². The fourth-order valence-electron chi connectivity index (χ4n) is 3.29. The smallest absolute Gasteiger partial charge is 0.273 e. The van der Waals surface area contributed by atoms with E-state index in [9.17, 15) is 9.18 Å². The van der Waals surface area contributed by atoms with E-state index in [4.69, 9.17) is 4.52 Å². The molecule has 3 heterocycles. The van der Waals surface area contributed by atoms with Gasteiger partial charge >= 0.3 is 0 Å². The van der Waals surface area contributed by atoms with Crippen LogP contribution in [0.15, 0.2) is 83.6 Å². The van der Waals surface area contributed by atoms with Crippen LogP contribution in [0.4, 0.5) is 10.1 Å². The highest BCUT2D eigenvalue weighted by Crippen LogP contribution is 2.22. The van der Waals surface area contributed by atoms with E-state index in [0.717, 1.165) is 11.1 Å². The van der Waals surface area contributed by atoms with Gasteiger partial charge in [0.25, 0.3) is 5.91 Å². The molecule has 162 valence electrons. The van der Waals surface area contributed by atoms with Gasteiger partial charge < -0.3 is 9.84 Å². The van der Waals surface area contributed by atoms with E-state index in [1.807, 2.05) is 24.3 Å². The lowest BCUT2D eigenvalue weighted by molar-refractivity contribution is 0.102. The number of aromatic amines is 1. The molecule has 0 fully saturated rings. The molecule has 5 rings (SSSR count). The maximum Gasteiger partial charge on any atom is 0.273 e. The summed E-state index contributed by atoms with van der Waals surface area (Å²) in [5.74, 6) is 0.170. The number of aromatic nitrogens is 5. The first-order valence-electron chi connectivity index (χ1n) is 10.1. The lowest BCUT2D eigenvalue weighted by atomic mass is 10.1. The van der Waals surface area contributed by atoms with E-state index < -0.39 is 0 Å². The first kappa shape index (κ1) is 20.3. The van der Waals surface area contributed by atoms with Crippen LogP contribution >= 0.6 is 0 Å². The number of nitrogens with zero attached hydrogens (tertiary/aromatic N) is 4. The number of amides is 1. The second kappa shape index (κ2) is 8.83. The second-order valence-electron chi connectivity index (χ2n) is 7.22. The predicted molar refractivity (Wildman–Crippen MR) is 119 cm³/mol. The van der Waals surface area contributed by atoms with Crippen molar-refractivity contribution in [1.29, 1.82) is 0 Å². The molecular formula is C24H17FN6O2. The molecule has 0 spiro atoms. The highest BCUT2D eigenvalue weighted by molar-refractivity contribution is 6.03. The second-order valence-corrected chi connectivity index (χ2v) is 7.22. The fourth-order valence-corrected chi connectivity index (χ4v) is 3.29. The summed E-state index contributed by atoms with van der Waals surface area (Å²) >= 11 is 0. The number of hydrogen-bond donors (Lipinski definition) is 2. The van der Waals surface area contributed by atoms with Crippen molar-refractivity contribution in [1.82, 2.24) is 25.3 Å². The Kier molecular flexibility index (Phi) is 5.42. The Hall–Kier alpha value is -4.66. The summed E-state index contributed by atoms with van der Waals surface area (Å²) < 4.78 is 18.5. The molecule has 0 atom stereocenters. The van der Waals surface area contributed by atoms with E-state index in [1.54, 1.807) is 42.7 Å². The minimum atomic E-state index is -0.357.